The summed E-state index contributed by atoms with van der Waals surface area (Å²) in [5.41, 5.74) is 2.53. The van der Waals surface area contributed by atoms with E-state index in [-0.39, 0.29) is 12.0 Å². The number of piperidine rings is 1. The average molecular weight is 361 g/mol. The fraction of sp³-hybridized carbons (Fsp3) is 0.611. The van der Waals surface area contributed by atoms with Crippen molar-refractivity contribution in [2.24, 2.45) is 0 Å². The zero-order valence-electron chi connectivity index (χ0n) is 14.9. The van der Waals surface area contributed by atoms with Crippen molar-refractivity contribution in [2.45, 2.75) is 31.6 Å². The molecule has 0 atom stereocenters. The summed E-state index contributed by atoms with van der Waals surface area (Å²) in [5, 5.41) is 0. The summed E-state index contributed by atoms with van der Waals surface area (Å²) in [6.45, 7) is 3.42. The van der Waals surface area contributed by atoms with Crippen molar-refractivity contribution in [3.05, 3.63) is 29.1 Å². The summed E-state index contributed by atoms with van der Waals surface area (Å²) in [6, 6.07) is 0. The van der Waals surface area contributed by atoms with E-state index in [0.717, 1.165) is 11.1 Å². The molecule has 0 radical (unpaired) electrons. The van der Waals surface area contributed by atoms with E-state index >= 15 is 0 Å². The lowest BCUT2D eigenvalue weighted by Crippen LogP contribution is -2.47. The number of pyridine rings is 1. The second-order valence-electron chi connectivity index (χ2n) is 6.87. The van der Waals surface area contributed by atoms with Gasteiger partial charge in [-0.1, -0.05) is 0 Å². The Bertz CT molecular complexity index is 707. The number of aromatic nitrogens is 1. The molecule has 8 nitrogen and oxygen atoms in total. The van der Waals surface area contributed by atoms with Crippen LogP contribution < -0.4 is 0 Å². The minimum absolute atomic E-state index is 0.00582. The average Bonchev–Trinajstić information content (AvgIpc) is 3.14. The maximum Gasteiger partial charge on any atom is 0.409 e. The molecule has 0 unspecified atom stereocenters. The van der Waals surface area contributed by atoms with Gasteiger partial charge in [0.2, 0.25) is 0 Å². The van der Waals surface area contributed by atoms with Gasteiger partial charge < -0.3 is 24.0 Å². The molecular weight excluding hydrogens is 338 g/mol. The van der Waals surface area contributed by atoms with Gasteiger partial charge in [-0.15, -0.1) is 0 Å². The Kier molecular flexibility index (Phi) is 4.54. The van der Waals surface area contributed by atoms with E-state index in [1.807, 2.05) is 4.90 Å². The van der Waals surface area contributed by atoms with E-state index in [0.29, 0.717) is 64.2 Å². The van der Waals surface area contributed by atoms with Crippen LogP contribution in [0.3, 0.4) is 0 Å². The third-order valence-corrected chi connectivity index (χ3v) is 5.43. The maximum atomic E-state index is 13.0. The topological polar surface area (TPSA) is 81.2 Å². The number of methoxy groups -OCH3 is 1. The first-order valence-electron chi connectivity index (χ1n) is 8.98. The van der Waals surface area contributed by atoms with E-state index in [2.05, 4.69) is 4.98 Å². The molecule has 4 heterocycles. The first-order chi connectivity index (χ1) is 12.6. The van der Waals surface area contributed by atoms with Gasteiger partial charge in [0.05, 0.1) is 32.4 Å². The number of nitrogens with zero attached hydrogens (tertiary/aromatic N) is 3. The molecule has 2 amide bonds. The molecule has 1 spiro atoms. The molecule has 4 rings (SSSR count). The molecule has 3 aliphatic heterocycles. The number of rotatable bonds is 1. The summed E-state index contributed by atoms with van der Waals surface area (Å²) < 4.78 is 16.2. The quantitative estimate of drug-likeness (QED) is 0.747. The third kappa shape index (κ3) is 3.03. The lowest BCUT2D eigenvalue weighted by Gasteiger charge is -2.38. The number of amides is 2. The van der Waals surface area contributed by atoms with Crippen molar-refractivity contribution in [1.29, 1.82) is 0 Å². The predicted octanol–water partition coefficient (Wildman–Crippen LogP) is 1.19. The minimum Gasteiger partial charge on any atom is -0.453 e. The summed E-state index contributed by atoms with van der Waals surface area (Å²) in [5.74, 6) is -0.500. The highest BCUT2D eigenvalue weighted by molar-refractivity contribution is 5.96. The normalized spacial score (nSPS) is 21.6. The van der Waals surface area contributed by atoms with Crippen LogP contribution in [0.25, 0.3) is 0 Å². The highest BCUT2D eigenvalue weighted by atomic mass is 16.7. The first kappa shape index (κ1) is 17.2. The Morgan fingerprint density at radius 1 is 1.12 bits per heavy atom. The van der Waals surface area contributed by atoms with Crippen molar-refractivity contribution >= 4 is 12.0 Å². The number of hydrogen-bond donors (Lipinski definition) is 0. The lowest BCUT2D eigenvalue weighted by atomic mass is 9.95. The van der Waals surface area contributed by atoms with Gasteiger partial charge in [0.15, 0.2) is 5.79 Å². The summed E-state index contributed by atoms with van der Waals surface area (Å²) >= 11 is 0. The molecule has 1 aromatic heterocycles. The van der Waals surface area contributed by atoms with Gasteiger partial charge in [-0.25, -0.2) is 4.79 Å². The van der Waals surface area contributed by atoms with Crippen molar-refractivity contribution in [1.82, 2.24) is 14.8 Å². The summed E-state index contributed by atoms with van der Waals surface area (Å²) in [4.78, 5) is 32.5. The fourth-order valence-corrected chi connectivity index (χ4v) is 3.97. The van der Waals surface area contributed by atoms with E-state index in [9.17, 15) is 9.59 Å². The van der Waals surface area contributed by atoms with Crippen LogP contribution in [-0.2, 0) is 27.2 Å². The standard InChI is InChI=1S/C18H23N3O5/c1-24-17(23)21-5-2-14-13(12-21)10-19-11-15(14)16(22)20-6-3-18(4-7-20)25-8-9-26-18/h10-11H,2-9,12H2,1H3. The highest BCUT2D eigenvalue weighted by Crippen LogP contribution is 2.32. The van der Waals surface area contributed by atoms with Crippen LogP contribution in [0.4, 0.5) is 4.79 Å². The smallest absolute Gasteiger partial charge is 0.409 e. The van der Waals surface area contributed by atoms with Crippen LogP contribution in [0, 0.1) is 0 Å². The van der Waals surface area contributed by atoms with Gasteiger partial charge in [-0.2, -0.15) is 0 Å². The molecule has 3 aliphatic rings. The first-order valence-corrected chi connectivity index (χ1v) is 8.98. The van der Waals surface area contributed by atoms with E-state index in [4.69, 9.17) is 14.2 Å². The SMILES string of the molecule is COC(=O)N1CCc2c(cncc2C(=O)N2CCC3(CC2)OCCO3)C1. The highest BCUT2D eigenvalue weighted by Gasteiger charge is 2.41. The summed E-state index contributed by atoms with van der Waals surface area (Å²) in [7, 11) is 1.37. The zero-order chi connectivity index (χ0) is 18.1. The van der Waals surface area contributed by atoms with Gasteiger partial charge in [0.25, 0.3) is 5.91 Å². The molecule has 1 aromatic rings. The van der Waals surface area contributed by atoms with Gasteiger partial charge in [-0.3, -0.25) is 9.78 Å². The molecule has 2 fully saturated rings. The second kappa shape index (κ2) is 6.85. The molecule has 26 heavy (non-hydrogen) atoms. The molecule has 0 bridgehead atoms. The third-order valence-electron chi connectivity index (χ3n) is 5.43. The Labute approximate surface area is 152 Å². The van der Waals surface area contributed by atoms with Crippen LogP contribution in [-0.4, -0.2) is 72.5 Å². The number of hydrogen-bond acceptors (Lipinski definition) is 6. The number of ether oxygens (including phenoxy) is 3. The largest absolute Gasteiger partial charge is 0.453 e. The van der Waals surface area contributed by atoms with Gasteiger partial charge in [0.1, 0.15) is 0 Å². The van der Waals surface area contributed by atoms with Crippen LogP contribution in [0.15, 0.2) is 12.4 Å². The van der Waals surface area contributed by atoms with Crippen LogP contribution in [0.1, 0.15) is 34.3 Å². The van der Waals surface area contributed by atoms with Crippen LogP contribution in [0.5, 0.6) is 0 Å². The molecule has 0 N–H and O–H groups in total. The van der Waals surface area contributed by atoms with E-state index in [1.165, 1.54) is 7.11 Å². The van der Waals surface area contributed by atoms with Crippen molar-refractivity contribution in [3.8, 4) is 0 Å². The Balaban J connectivity index is 1.49. The van der Waals surface area contributed by atoms with Crippen LogP contribution >= 0.6 is 0 Å². The van der Waals surface area contributed by atoms with Crippen molar-refractivity contribution in [3.63, 3.8) is 0 Å². The zero-order valence-corrected chi connectivity index (χ0v) is 14.9. The molecule has 0 saturated carbocycles. The maximum absolute atomic E-state index is 13.0. The fourth-order valence-electron chi connectivity index (χ4n) is 3.97. The van der Waals surface area contributed by atoms with Gasteiger partial charge in [-0.05, 0) is 17.5 Å². The number of likely N-dealkylation sites (tertiary alicyclic amines) is 1. The molecule has 8 heteroatoms. The molecule has 2 saturated heterocycles. The Morgan fingerprint density at radius 3 is 2.54 bits per heavy atom. The molecule has 140 valence electrons. The van der Waals surface area contributed by atoms with Crippen molar-refractivity contribution in [2.75, 3.05) is 40.0 Å². The lowest BCUT2D eigenvalue weighted by molar-refractivity contribution is -0.181. The van der Waals surface area contributed by atoms with Crippen LogP contribution in [0.2, 0.25) is 0 Å². The van der Waals surface area contributed by atoms with E-state index in [1.54, 1.807) is 17.3 Å². The van der Waals surface area contributed by atoms with Crippen molar-refractivity contribution < 1.29 is 23.8 Å². The van der Waals surface area contributed by atoms with Gasteiger partial charge >= 0.3 is 6.09 Å². The monoisotopic (exact) mass is 361 g/mol. The summed E-state index contributed by atoms with van der Waals surface area (Å²) in [6.07, 6.45) is 5.02. The number of carbonyl (C=O) groups is 2. The van der Waals surface area contributed by atoms with Gasteiger partial charge in [0, 0.05) is 44.9 Å². The second-order valence-corrected chi connectivity index (χ2v) is 6.87. The molecule has 0 aliphatic carbocycles. The Morgan fingerprint density at radius 2 is 1.85 bits per heavy atom. The minimum atomic E-state index is -0.494. The number of fused-ring (bicyclic) bond motifs is 1. The Hall–Kier alpha value is -2.19. The predicted molar refractivity (Wildman–Crippen MR) is 90.5 cm³/mol. The number of carbonyl (C=O) groups excluding carboxylic acids is 2. The molecule has 0 aromatic carbocycles. The van der Waals surface area contributed by atoms with E-state index < -0.39 is 5.79 Å². The molecular formula is C18H23N3O5.